The zero-order valence-electron chi connectivity index (χ0n) is 8.81. The minimum absolute atomic E-state index is 0.0575. The summed E-state index contributed by atoms with van der Waals surface area (Å²) in [5.41, 5.74) is 0.891. The SMILES string of the molecule is O=C(O)c1ccc(CNc2ccc(Cl)cc2)o1. The van der Waals surface area contributed by atoms with Crippen LogP contribution in [0.2, 0.25) is 5.02 Å². The van der Waals surface area contributed by atoms with Gasteiger partial charge in [0.05, 0.1) is 6.54 Å². The highest BCUT2D eigenvalue weighted by molar-refractivity contribution is 6.30. The number of rotatable bonds is 4. The standard InChI is InChI=1S/C12H10ClNO3/c13-8-1-3-9(4-2-8)14-7-10-5-6-11(17-10)12(15)16/h1-6,14H,7H2,(H,15,16). The molecule has 1 aromatic carbocycles. The van der Waals surface area contributed by atoms with Crippen LogP contribution in [0.15, 0.2) is 40.8 Å². The molecule has 2 rings (SSSR count). The van der Waals surface area contributed by atoms with E-state index in [4.69, 9.17) is 21.1 Å². The van der Waals surface area contributed by atoms with Crippen LogP contribution < -0.4 is 5.32 Å². The molecule has 0 aliphatic carbocycles. The van der Waals surface area contributed by atoms with Gasteiger partial charge in [0.25, 0.3) is 0 Å². The van der Waals surface area contributed by atoms with E-state index >= 15 is 0 Å². The zero-order chi connectivity index (χ0) is 12.3. The zero-order valence-corrected chi connectivity index (χ0v) is 9.57. The first-order valence-electron chi connectivity index (χ1n) is 4.96. The van der Waals surface area contributed by atoms with Gasteiger partial charge in [0.2, 0.25) is 5.76 Å². The number of nitrogens with one attached hydrogen (secondary N) is 1. The van der Waals surface area contributed by atoms with Crippen molar-refractivity contribution in [3.8, 4) is 0 Å². The molecule has 5 heteroatoms. The number of benzene rings is 1. The molecule has 2 aromatic rings. The van der Waals surface area contributed by atoms with Gasteiger partial charge in [-0.1, -0.05) is 11.6 Å². The van der Waals surface area contributed by atoms with E-state index in [0.29, 0.717) is 17.3 Å². The molecule has 0 spiro atoms. The van der Waals surface area contributed by atoms with Crippen molar-refractivity contribution in [2.45, 2.75) is 6.54 Å². The summed E-state index contributed by atoms with van der Waals surface area (Å²) < 4.78 is 5.10. The van der Waals surface area contributed by atoms with Gasteiger partial charge in [-0.05, 0) is 36.4 Å². The number of hydrogen-bond acceptors (Lipinski definition) is 3. The van der Waals surface area contributed by atoms with E-state index < -0.39 is 5.97 Å². The third kappa shape index (κ3) is 3.01. The lowest BCUT2D eigenvalue weighted by molar-refractivity contribution is 0.0660. The Morgan fingerprint density at radius 1 is 1.24 bits per heavy atom. The number of carboxylic acids is 1. The Labute approximate surface area is 103 Å². The van der Waals surface area contributed by atoms with E-state index in [0.717, 1.165) is 5.69 Å². The van der Waals surface area contributed by atoms with Gasteiger partial charge in [-0.3, -0.25) is 0 Å². The van der Waals surface area contributed by atoms with Gasteiger partial charge in [0, 0.05) is 10.7 Å². The molecule has 1 heterocycles. The topological polar surface area (TPSA) is 62.5 Å². The minimum atomic E-state index is -1.07. The Morgan fingerprint density at radius 2 is 1.94 bits per heavy atom. The van der Waals surface area contributed by atoms with Crippen LogP contribution in [0.4, 0.5) is 5.69 Å². The molecular weight excluding hydrogens is 242 g/mol. The van der Waals surface area contributed by atoms with Gasteiger partial charge in [0.15, 0.2) is 0 Å². The summed E-state index contributed by atoms with van der Waals surface area (Å²) in [5.74, 6) is -0.557. The van der Waals surface area contributed by atoms with Crippen molar-refractivity contribution in [3.63, 3.8) is 0 Å². The van der Waals surface area contributed by atoms with Crippen LogP contribution in [0, 0.1) is 0 Å². The van der Waals surface area contributed by atoms with Crippen molar-refractivity contribution in [2.75, 3.05) is 5.32 Å². The van der Waals surface area contributed by atoms with E-state index in [9.17, 15) is 4.79 Å². The maximum Gasteiger partial charge on any atom is 0.371 e. The highest BCUT2D eigenvalue weighted by atomic mass is 35.5. The van der Waals surface area contributed by atoms with Crippen LogP contribution in [0.25, 0.3) is 0 Å². The first-order valence-corrected chi connectivity index (χ1v) is 5.34. The molecule has 0 fully saturated rings. The summed E-state index contributed by atoms with van der Waals surface area (Å²) in [6, 6.07) is 10.3. The molecule has 88 valence electrons. The number of halogens is 1. The summed E-state index contributed by atoms with van der Waals surface area (Å²) in [6.45, 7) is 0.426. The summed E-state index contributed by atoms with van der Waals surface area (Å²) in [7, 11) is 0. The fraction of sp³-hybridized carbons (Fsp3) is 0.0833. The molecule has 4 nitrogen and oxygen atoms in total. The van der Waals surface area contributed by atoms with Gasteiger partial charge < -0.3 is 14.8 Å². The van der Waals surface area contributed by atoms with Crippen LogP contribution in [0.1, 0.15) is 16.3 Å². The van der Waals surface area contributed by atoms with E-state index in [1.807, 2.05) is 12.1 Å². The van der Waals surface area contributed by atoms with Gasteiger partial charge in [0.1, 0.15) is 5.76 Å². The first kappa shape index (κ1) is 11.5. The number of anilines is 1. The maximum atomic E-state index is 10.6. The van der Waals surface area contributed by atoms with Crippen molar-refractivity contribution in [1.29, 1.82) is 0 Å². The average molecular weight is 252 g/mol. The summed E-state index contributed by atoms with van der Waals surface area (Å²) in [4.78, 5) is 10.6. The van der Waals surface area contributed by atoms with Gasteiger partial charge in [-0.2, -0.15) is 0 Å². The molecule has 1 aromatic heterocycles. The molecule has 2 N–H and O–H groups in total. The lowest BCUT2D eigenvalue weighted by Gasteiger charge is -2.03. The van der Waals surface area contributed by atoms with E-state index in [2.05, 4.69) is 5.32 Å². The summed E-state index contributed by atoms with van der Waals surface area (Å²) in [6.07, 6.45) is 0. The third-order valence-corrected chi connectivity index (χ3v) is 2.44. The molecule has 0 saturated carbocycles. The van der Waals surface area contributed by atoms with Crippen LogP contribution in [0.3, 0.4) is 0 Å². The van der Waals surface area contributed by atoms with Crippen LogP contribution in [-0.2, 0) is 6.54 Å². The van der Waals surface area contributed by atoms with Crippen LogP contribution in [0.5, 0.6) is 0 Å². The second-order valence-electron chi connectivity index (χ2n) is 3.43. The molecule has 0 unspecified atom stereocenters. The predicted octanol–water partition coefficient (Wildman–Crippen LogP) is 3.24. The average Bonchev–Trinajstić information content (AvgIpc) is 2.77. The van der Waals surface area contributed by atoms with Crippen molar-refractivity contribution >= 4 is 23.3 Å². The largest absolute Gasteiger partial charge is 0.475 e. The Balaban J connectivity index is 1.97. The number of carbonyl (C=O) groups is 1. The molecular formula is C12H10ClNO3. The predicted molar refractivity (Wildman–Crippen MR) is 64.4 cm³/mol. The molecule has 0 bridgehead atoms. The molecule has 0 aliphatic heterocycles. The van der Waals surface area contributed by atoms with Crippen molar-refractivity contribution in [2.24, 2.45) is 0 Å². The Morgan fingerprint density at radius 3 is 2.53 bits per heavy atom. The van der Waals surface area contributed by atoms with E-state index in [-0.39, 0.29) is 5.76 Å². The maximum absolute atomic E-state index is 10.6. The summed E-state index contributed by atoms with van der Waals surface area (Å²) in [5, 5.41) is 12.4. The Kier molecular flexibility index (Phi) is 3.35. The van der Waals surface area contributed by atoms with Crippen molar-refractivity contribution < 1.29 is 14.3 Å². The molecule has 0 atom stereocenters. The smallest absolute Gasteiger partial charge is 0.371 e. The normalized spacial score (nSPS) is 10.2. The number of hydrogen-bond donors (Lipinski definition) is 2. The number of aromatic carboxylic acids is 1. The number of carboxylic acid groups (broad SMARTS) is 1. The van der Waals surface area contributed by atoms with Gasteiger partial charge in [-0.25, -0.2) is 4.79 Å². The Hall–Kier alpha value is -1.94. The highest BCUT2D eigenvalue weighted by Crippen LogP contribution is 2.15. The van der Waals surface area contributed by atoms with Crippen LogP contribution >= 0.6 is 11.6 Å². The monoisotopic (exact) mass is 251 g/mol. The number of furan rings is 1. The molecule has 0 aliphatic rings. The second-order valence-corrected chi connectivity index (χ2v) is 3.87. The highest BCUT2D eigenvalue weighted by Gasteiger charge is 2.08. The van der Waals surface area contributed by atoms with E-state index in [1.165, 1.54) is 6.07 Å². The third-order valence-electron chi connectivity index (χ3n) is 2.18. The lowest BCUT2D eigenvalue weighted by atomic mass is 10.3. The van der Waals surface area contributed by atoms with Crippen molar-refractivity contribution in [1.82, 2.24) is 0 Å². The fourth-order valence-corrected chi connectivity index (χ4v) is 1.47. The molecule has 17 heavy (non-hydrogen) atoms. The Bertz CT molecular complexity index is 519. The molecule has 0 amide bonds. The second kappa shape index (κ2) is 4.93. The minimum Gasteiger partial charge on any atom is -0.475 e. The van der Waals surface area contributed by atoms with Gasteiger partial charge in [-0.15, -0.1) is 0 Å². The quantitative estimate of drug-likeness (QED) is 0.876. The molecule has 0 radical (unpaired) electrons. The first-order chi connectivity index (χ1) is 8.15. The van der Waals surface area contributed by atoms with E-state index in [1.54, 1.807) is 18.2 Å². The lowest BCUT2D eigenvalue weighted by Crippen LogP contribution is -1.98. The summed E-state index contributed by atoms with van der Waals surface area (Å²) >= 11 is 5.76. The molecule has 0 saturated heterocycles. The van der Waals surface area contributed by atoms with Crippen LogP contribution in [-0.4, -0.2) is 11.1 Å². The van der Waals surface area contributed by atoms with Crippen molar-refractivity contribution in [3.05, 3.63) is 52.9 Å². The fourth-order valence-electron chi connectivity index (χ4n) is 1.34. The van der Waals surface area contributed by atoms with Gasteiger partial charge >= 0.3 is 5.97 Å².